The largest absolute Gasteiger partial charge is 0.451 e. The van der Waals surface area contributed by atoms with Gasteiger partial charge in [0.25, 0.3) is 5.91 Å². The summed E-state index contributed by atoms with van der Waals surface area (Å²) in [5.74, 6) is -0.267. The summed E-state index contributed by atoms with van der Waals surface area (Å²) in [6, 6.07) is 0. The molecule has 2 rings (SSSR count). The van der Waals surface area contributed by atoms with Gasteiger partial charge in [-0.05, 0) is 20.8 Å². The molecule has 2 heterocycles. The van der Waals surface area contributed by atoms with Crippen LogP contribution in [0, 0.1) is 6.92 Å². The molecule has 2 aromatic heterocycles. The van der Waals surface area contributed by atoms with Gasteiger partial charge in [-0.3, -0.25) is 4.79 Å². The lowest BCUT2D eigenvalue weighted by Gasteiger charge is -2.23. The van der Waals surface area contributed by atoms with E-state index in [2.05, 4.69) is 15.3 Å². The first kappa shape index (κ1) is 11.8. The van der Waals surface area contributed by atoms with Gasteiger partial charge in [-0.15, -0.1) is 11.3 Å². The maximum Gasteiger partial charge on any atom is 0.273 e. The van der Waals surface area contributed by atoms with E-state index in [1.54, 1.807) is 0 Å². The molecule has 17 heavy (non-hydrogen) atoms. The van der Waals surface area contributed by atoms with Crippen LogP contribution in [0.1, 0.15) is 35.0 Å². The summed E-state index contributed by atoms with van der Waals surface area (Å²) in [4.78, 5) is 20.0. The average Bonchev–Trinajstić information content (AvgIpc) is 2.86. The molecule has 0 atom stereocenters. The Balaban J connectivity index is 2.15. The van der Waals surface area contributed by atoms with E-state index in [0.29, 0.717) is 0 Å². The minimum Gasteiger partial charge on any atom is -0.451 e. The second-order valence-corrected chi connectivity index (χ2v) is 5.10. The first-order valence-corrected chi connectivity index (χ1v) is 6.00. The summed E-state index contributed by atoms with van der Waals surface area (Å²) in [7, 11) is 0. The molecule has 0 saturated heterocycles. The van der Waals surface area contributed by atoms with Crippen LogP contribution in [0.2, 0.25) is 0 Å². The van der Waals surface area contributed by atoms with Crippen molar-refractivity contribution < 1.29 is 9.21 Å². The highest BCUT2D eigenvalue weighted by molar-refractivity contribution is 7.09. The minimum atomic E-state index is -0.519. The Morgan fingerprint density at radius 2 is 2.29 bits per heavy atom. The fourth-order valence-corrected chi connectivity index (χ4v) is 2.24. The van der Waals surface area contributed by atoms with Gasteiger partial charge in [0.05, 0.1) is 5.54 Å². The summed E-state index contributed by atoms with van der Waals surface area (Å²) in [6.45, 7) is 5.74. The van der Waals surface area contributed by atoms with E-state index < -0.39 is 5.54 Å². The number of oxazole rings is 1. The first-order valence-electron chi connectivity index (χ1n) is 5.12. The molecule has 0 aliphatic rings. The molecule has 0 unspecified atom stereocenters. The number of carbonyl (C=O) groups is 1. The molecule has 0 spiro atoms. The maximum absolute atomic E-state index is 11.8. The van der Waals surface area contributed by atoms with Crippen molar-refractivity contribution in [2.75, 3.05) is 0 Å². The third kappa shape index (κ3) is 2.52. The topological polar surface area (TPSA) is 68.0 Å². The smallest absolute Gasteiger partial charge is 0.273 e. The van der Waals surface area contributed by atoms with Crippen molar-refractivity contribution in [3.05, 3.63) is 34.4 Å². The number of carbonyl (C=O) groups excluding carboxylic acids is 1. The van der Waals surface area contributed by atoms with Gasteiger partial charge in [0, 0.05) is 11.1 Å². The Morgan fingerprint density at radius 1 is 1.53 bits per heavy atom. The van der Waals surface area contributed by atoms with Crippen molar-refractivity contribution in [2.45, 2.75) is 26.3 Å². The molecule has 0 aliphatic carbocycles. The third-order valence-electron chi connectivity index (χ3n) is 2.24. The van der Waals surface area contributed by atoms with Crippen LogP contribution >= 0.6 is 11.3 Å². The van der Waals surface area contributed by atoms with Gasteiger partial charge < -0.3 is 9.73 Å². The minimum absolute atomic E-state index is 0.267. The number of aromatic nitrogens is 2. The van der Waals surface area contributed by atoms with E-state index in [1.165, 1.54) is 24.0 Å². The van der Waals surface area contributed by atoms with Crippen molar-refractivity contribution >= 4 is 17.2 Å². The number of aryl methyl sites for hydroxylation is 1. The Kier molecular flexibility index (Phi) is 2.97. The van der Waals surface area contributed by atoms with Gasteiger partial charge in [0.15, 0.2) is 12.1 Å². The van der Waals surface area contributed by atoms with Crippen LogP contribution in [0.5, 0.6) is 0 Å². The average molecular weight is 251 g/mol. The molecule has 90 valence electrons. The van der Waals surface area contributed by atoms with Crippen LogP contribution in [-0.2, 0) is 5.54 Å². The number of nitrogens with one attached hydrogen (secondary N) is 1. The number of rotatable bonds is 3. The molecular formula is C11H13N3O2S. The summed E-state index contributed by atoms with van der Waals surface area (Å²) in [6.07, 6.45) is 2.55. The van der Waals surface area contributed by atoms with E-state index in [1.807, 2.05) is 26.2 Å². The summed E-state index contributed by atoms with van der Waals surface area (Å²) in [5, 5.41) is 5.70. The summed E-state index contributed by atoms with van der Waals surface area (Å²) >= 11 is 1.53. The third-order valence-corrected chi connectivity index (χ3v) is 3.53. The zero-order valence-electron chi connectivity index (χ0n) is 9.85. The Bertz CT molecular complexity index is 517. The summed E-state index contributed by atoms with van der Waals surface area (Å²) < 4.78 is 4.77. The molecule has 0 aliphatic heterocycles. The number of amides is 1. The molecule has 1 amide bonds. The summed E-state index contributed by atoms with van der Waals surface area (Å²) in [5.41, 5.74) is 0.703. The van der Waals surface area contributed by atoms with Gasteiger partial charge in [-0.1, -0.05) is 0 Å². The molecule has 2 aromatic rings. The van der Waals surface area contributed by atoms with Crippen molar-refractivity contribution in [3.63, 3.8) is 0 Å². The second-order valence-electron chi connectivity index (χ2n) is 4.25. The van der Waals surface area contributed by atoms with Crippen molar-refractivity contribution in [2.24, 2.45) is 0 Å². The zero-order chi connectivity index (χ0) is 12.5. The molecule has 0 aromatic carbocycles. The highest BCUT2D eigenvalue weighted by Crippen LogP contribution is 2.23. The predicted octanol–water partition coefficient (Wildman–Crippen LogP) is 2.10. The normalized spacial score (nSPS) is 11.5. The zero-order valence-corrected chi connectivity index (χ0v) is 10.7. The molecular weight excluding hydrogens is 238 g/mol. The number of nitrogens with zero attached hydrogens (tertiary/aromatic N) is 2. The van der Waals surface area contributed by atoms with E-state index >= 15 is 0 Å². The Labute approximate surface area is 103 Å². The lowest BCUT2D eigenvalue weighted by Crippen LogP contribution is -2.41. The van der Waals surface area contributed by atoms with Crippen LogP contribution in [0.25, 0.3) is 0 Å². The van der Waals surface area contributed by atoms with Crippen molar-refractivity contribution in [1.29, 1.82) is 0 Å². The van der Waals surface area contributed by atoms with Crippen LogP contribution in [0.3, 0.4) is 0 Å². The van der Waals surface area contributed by atoms with Gasteiger partial charge in [0.2, 0.25) is 0 Å². The van der Waals surface area contributed by atoms with Crippen LogP contribution in [0.4, 0.5) is 0 Å². The van der Waals surface area contributed by atoms with Crippen molar-refractivity contribution in [3.8, 4) is 0 Å². The van der Waals surface area contributed by atoms with Crippen LogP contribution in [-0.4, -0.2) is 15.9 Å². The lowest BCUT2D eigenvalue weighted by molar-refractivity contribution is 0.0906. The van der Waals surface area contributed by atoms with E-state index in [-0.39, 0.29) is 11.6 Å². The van der Waals surface area contributed by atoms with E-state index in [9.17, 15) is 4.79 Å². The number of hydrogen-bond acceptors (Lipinski definition) is 5. The molecule has 1 N–H and O–H groups in total. The van der Waals surface area contributed by atoms with Gasteiger partial charge >= 0.3 is 0 Å². The van der Waals surface area contributed by atoms with E-state index in [4.69, 9.17) is 4.42 Å². The molecule has 5 nitrogen and oxygen atoms in total. The maximum atomic E-state index is 11.8. The predicted molar refractivity (Wildman–Crippen MR) is 63.8 cm³/mol. The number of thiazole rings is 1. The highest BCUT2D eigenvalue weighted by atomic mass is 32.1. The molecule has 0 fully saturated rings. The molecule has 0 saturated carbocycles. The van der Waals surface area contributed by atoms with E-state index in [0.717, 1.165) is 10.7 Å². The highest BCUT2D eigenvalue weighted by Gasteiger charge is 2.27. The Hall–Kier alpha value is -1.69. The van der Waals surface area contributed by atoms with Gasteiger partial charge in [0.1, 0.15) is 11.3 Å². The fourth-order valence-electron chi connectivity index (χ4n) is 1.37. The monoisotopic (exact) mass is 251 g/mol. The lowest BCUT2D eigenvalue weighted by atomic mass is 10.1. The van der Waals surface area contributed by atoms with Gasteiger partial charge in [-0.2, -0.15) is 0 Å². The van der Waals surface area contributed by atoms with Crippen LogP contribution < -0.4 is 5.32 Å². The molecule has 6 heteroatoms. The second kappa shape index (κ2) is 4.29. The number of hydrogen-bond donors (Lipinski definition) is 1. The fraction of sp³-hybridized carbons (Fsp3) is 0.364. The first-order chi connectivity index (χ1) is 7.99. The molecule has 0 radical (unpaired) electrons. The quantitative estimate of drug-likeness (QED) is 0.907. The van der Waals surface area contributed by atoms with Crippen LogP contribution in [0.15, 0.2) is 22.5 Å². The Morgan fingerprint density at radius 3 is 2.82 bits per heavy atom. The SMILES string of the molecule is Cc1csc(C(C)(C)NC(=O)c2cocn2)n1. The van der Waals surface area contributed by atoms with Crippen molar-refractivity contribution in [1.82, 2.24) is 15.3 Å². The standard InChI is InChI=1S/C11H13N3O2S/c1-7-5-17-10(13-7)11(2,3)14-9(15)8-4-16-6-12-8/h4-6H,1-3H3,(H,14,15). The van der Waals surface area contributed by atoms with Gasteiger partial charge in [-0.25, -0.2) is 9.97 Å². The molecule has 0 bridgehead atoms.